The van der Waals surface area contributed by atoms with E-state index < -0.39 is 29.1 Å². The molecule has 0 spiro atoms. The van der Waals surface area contributed by atoms with Gasteiger partial charge in [0.25, 0.3) is 5.76 Å². The van der Waals surface area contributed by atoms with Crippen LogP contribution in [0.15, 0.2) is 63.8 Å². The first-order chi connectivity index (χ1) is 23.0. The molecule has 1 fully saturated rings. The molecule has 2 heterocycles. The molecule has 0 saturated carbocycles. The molecule has 0 radical (unpaired) electrons. The Morgan fingerprint density at radius 1 is 0.938 bits per heavy atom. The summed E-state index contributed by atoms with van der Waals surface area (Å²) in [6.45, 7) is 5.87. The lowest BCUT2D eigenvalue weighted by Crippen LogP contribution is -2.25. The zero-order valence-corrected chi connectivity index (χ0v) is 27.8. The number of alkyl halides is 3. The van der Waals surface area contributed by atoms with E-state index in [9.17, 15) is 22.8 Å². The van der Waals surface area contributed by atoms with Gasteiger partial charge in [-0.05, 0) is 99.4 Å². The van der Waals surface area contributed by atoms with E-state index in [1.165, 1.54) is 30.3 Å². The molecule has 3 aromatic carbocycles. The molecule has 0 aliphatic carbocycles. The highest BCUT2D eigenvalue weighted by Crippen LogP contribution is 2.41. The average Bonchev–Trinajstić information content (AvgIpc) is 3.33. The van der Waals surface area contributed by atoms with Gasteiger partial charge in [0.05, 0.1) is 23.1 Å². The van der Waals surface area contributed by atoms with Crippen LogP contribution < -0.4 is 19.6 Å². The zero-order valence-electron chi connectivity index (χ0n) is 27.1. The SMILES string of the molecule is CCCCCCOc1ccc(C(=O)Oc2ccc3c(=O)c(Oc4ccc(Cl)c(C)c4)c(C(F)(F)F)oc3c2CN2CCCCCC2)cc1. The summed E-state index contributed by atoms with van der Waals surface area (Å²) in [5.41, 5.74) is -0.353. The Labute approximate surface area is 282 Å². The number of aryl methyl sites for hydroxylation is 1. The number of hydrogen-bond acceptors (Lipinski definition) is 7. The first-order valence-electron chi connectivity index (χ1n) is 16.4. The number of fused-ring (bicyclic) bond motifs is 1. The molecule has 1 aliphatic rings. The second-order valence-electron chi connectivity index (χ2n) is 12.0. The highest BCUT2D eigenvalue weighted by molar-refractivity contribution is 6.31. The van der Waals surface area contributed by atoms with Gasteiger partial charge in [0.1, 0.15) is 22.8 Å². The van der Waals surface area contributed by atoms with Crippen LogP contribution in [0.1, 0.15) is 85.5 Å². The van der Waals surface area contributed by atoms with Gasteiger partial charge in [-0.25, -0.2) is 4.79 Å². The molecular weight excluding hydrogens is 647 g/mol. The van der Waals surface area contributed by atoms with Crippen molar-refractivity contribution in [1.82, 2.24) is 4.90 Å². The summed E-state index contributed by atoms with van der Waals surface area (Å²) in [7, 11) is 0. The van der Waals surface area contributed by atoms with Gasteiger partial charge in [-0.1, -0.05) is 50.6 Å². The normalized spacial score (nSPS) is 14.1. The van der Waals surface area contributed by atoms with Gasteiger partial charge < -0.3 is 18.6 Å². The maximum absolute atomic E-state index is 14.5. The second-order valence-corrected chi connectivity index (χ2v) is 12.4. The molecule has 1 saturated heterocycles. The Kier molecular flexibility index (Phi) is 11.7. The summed E-state index contributed by atoms with van der Waals surface area (Å²) in [6.07, 6.45) is 3.08. The van der Waals surface area contributed by atoms with Crippen LogP contribution in [0.2, 0.25) is 5.02 Å². The first kappa shape index (κ1) is 35.3. The Hall–Kier alpha value is -4.02. The van der Waals surface area contributed by atoms with Crippen molar-refractivity contribution in [1.29, 1.82) is 0 Å². The third-order valence-electron chi connectivity index (χ3n) is 8.33. The topological polar surface area (TPSA) is 78.2 Å². The van der Waals surface area contributed by atoms with E-state index in [1.807, 2.05) is 0 Å². The summed E-state index contributed by atoms with van der Waals surface area (Å²) in [5.74, 6) is -2.67. The predicted molar refractivity (Wildman–Crippen MR) is 179 cm³/mol. The maximum Gasteiger partial charge on any atom is 0.453 e. The number of nitrogens with zero attached hydrogens (tertiary/aromatic N) is 1. The summed E-state index contributed by atoms with van der Waals surface area (Å²) in [5, 5.41) is 0.264. The summed E-state index contributed by atoms with van der Waals surface area (Å²) >= 11 is 6.07. The lowest BCUT2D eigenvalue weighted by molar-refractivity contribution is -0.154. The molecule has 256 valence electrons. The third kappa shape index (κ3) is 8.71. The van der Waals surface area contributed by atoms with Gasteiger partial charge in [-0.3, -0.25) is 9.69 Å². The molecule has 1 aliphatic heterocycles. The zero-order chi connectivity index (χ0) is 34.3. The number of likely N-dealkylation sites (tertiary alicyclic amines) is 1. The van der Waals surface area contributed by atoms with E-state index in [1.54, 1.807) is 31.2 Å². The van der Waals surface area contributed by atoms with Crippen molar-refractivity contribution in [3.05, 3.63) is 92.3 Å². The van der Waals surface area contributed by atoms with E-state index in [0.29, 0.717) is 36.0 Å². The van der Waals surface area contributed by atoms with Gasteiger partial charge in [-0.2, -0.15) is 13.2 Å². The molecule has 0 N–H and O–H groups in total. The fourth-order valence-corrected chi connectivity index (χ4v) is 5.80. The minimum absolute atomic E-state index is 0.00250. The molecular formula is C37H39ClF3NO6. The lowest BCUT2D eigenvalue weighted by atomic mass is 10.1. The van der Waals surface area contributed by atoms with E-state index in [-0.39, 0.29) is 40.1 Å². The standard InChI is InChI=1S/C37H39ClF3NO6/c1-3-4-5-10-21-45-26-13-11-25(12-14-26)36(44)47-31-18-16-28-32(43)34(46-27-15-17-30(38)24(2)22-27)35(37(39,40)41)48-33(28)29(31)23-42-19-8-6-7-9-20-42/h11-18,22H,3-10,19-21,23H2,1-2H3. The third-order valence-corrected chi connectivity index (χ3v) is 8.75. The van der Waals surface area contributed by atoms with Crippen LogP contribution in [-0.2, 0) is 12.7 Å². The van der Waals surface area contributed by atoms with Crippen LogP contribution in [0.5, 0.6) is 23.0 Å². The van der Waals surface area contributed by atoms with Crippen LogP contribution in [0.4, 0.5) is 13.2 Å². The number of esters is 1. The molecule has 5 rings (SSSR count). The van der Waals surface area contributed by atoms with Crippen LogP contribution in [0.3, 0.4) is 0 Å². The van der Waals surface area contributed by atoms with Crippen LogP contribution in [0.25, 0.3) is 11.0 Å². The highest BCUT2D eigenvalue weighted by atomic mass is 35.5. The molecule has 0 unspecified atom stereocenters. The summed E-state index contributed by atoms with van der Waals surface area (Å²) < 4.78 is 66.2. The maximum atomic E-state index is 14.5. The Morgan fingerprint density at radius 3 is 2.31 bits per heavy atom. The van der Waals surface area contributed by atoms with Crippen molar-refractivity contribution >= 4 is 28.5 Å². The molecule has 1 aromatic heterocycles. The van der Waals surface area contributed by atoms with Crippen LogP contribution >= 0.6 is 11.6 Å². The van der Waals surface area contributed by atoms with Gasteiger partial charge in [0.2, 0.25) is 11.2 Å². The van der Waals surface area contributed by atoms with Crippen LogP contribution in [-0.4, -0.2) is 30.6 Å². The molecule has 7 nitrogen and oxygen atoms in total. The molecule has 0 atom stereocenters. The molecule has 0 bridgehead atoms. The number of carbonyl (C=O) groups is 1. The summed E-state index contributed by atoms with van der Waals surface area (Å²) in [4.78, 5) is 29.1. The van der Waals surface area contributed by atoms with E-state index in [0.717, 1.165) is 51.4 Å². The fraction of sp³-hybridized carbons (Fsp3) is 0.405. The number of ether oxygens (including phenoxy) is 3. The average molecular weight is 686 g/mol. The number of unbranched alkanes of at least 4 members (excludes halogenated alkanes) is 3. The summed E-state index contributed by atoms with van der Waals surface area (Å²) in [6, 6.07) is 13.5. The Morgan fingerprint density at radius 2 is 1.65 bits per heavy atom. The second kappa shape index (κ2) is 15.9. The van der Waals surface area contributed by atoms with Crippen molar-refractivity contribution in [2.75, 3.05) is 19.7 Å². The number of carbonyl (C=O) groups excluding carboxylic acids is 1. The molecule has 4 aromatic rings. The van der Waals surface area contributed by atoms with E-state index in [2.05, 4.69) is 11.8 Å². The van der Waals surface area contributed by atoms with E-state index >= 15 is 0 Å². The smallest absolute Gasteiger partial charge is 0.453 e. The van der Waals surface area contributed by atoms with Crippen molar-refractivity contribution < 1.29 is 36.6 Å². The monoisotopic (exact) mass is 685 g/mol. The number of hydrogen-bond donors (Lipinski definition) is 0. The van der Waals surface area contributed by atoms with Crippen LogP contribution in [0, 0.1) is 6.92 Å². The number of rotatable bonds is 12. The van der Waals surface area contributed by atoms with Crippen molar-refractivity contribution in [2.45, 2.75) is 77.9 Å². The van der Waals surface area contributed by atoms with Gasteiger partial charge in [-0.15, -0.1) is 0 Å². The van der Waals surface area contributed by atoms with Gasteiger partial charge in [0, 0.05) is 11.6 Å². The lowest BCUT2D eigenvalue weighted by Gasteiger charge is -2.22. The molecule has 48 heavy (non-hydrogen) atoms. The van der Waals surface area contributed by atoms with Crippen molar-refractivity contribution in [3.8, 4) is 23.0 Å². The van der Waals surface area contributed by atoms with Crippen molar-refractivity contribution in [2.24, 2.45) is 0 Å². The van der Waals surface area contributed by atoms with E-state index in [4.69, 9.17) is 30.2 Å². The minimum Gasteiger partial charge on any atom is -0.494 e. The largest absolute Gasteiger partial charge is 0.494 e. The minimum atomic E-state index is -5.07. The quantitative estimate of drug-likeness (QED) is 0.0834. The highest BCUT2D eigenvalue weighted by Gasteiger charge is 2.41. The fourth-order valence-electron chi connectivity index (χ4n) is 5.68. The number of benzene rings is 3. The number of halogens is 4. The van der Waals surface area contributed by atoms with Crippen molar-refractivity contribution in [3.63, 3.8) is 0 Å². The Balaban J connectivity index is 1.52. The Bertz CT molecular complexity index is 1780. The van der Waals surface area contributed by atoms with Gasteiger partial charge >= 0.3 is 12.1 Å². The predicted octanol–water partition coefficient (Wildman–Crippen LogP) is 10.1. The van der Waals surface area contributed by atoms with Gasteiger partial charge in [0.15, 0.2) is 0 Å². The molecule has 11 heteroatoms. The molecule has 0 amide bonds. The first-order valence-corrected chi connectivity index (χ1v) is 16.7.